The molecule has 0 bridgehead atoms. The van der Waals surface area contributed by atoms with Crippen LogP contribution in [0.3, 0.4) is 0 Å². The predicted octanol–water partition coefficient (Wildman–Crippen LogP) is 1.22. The lowest BCUT2D eigenvalue weighted by atomic mass is 9.80. The van der Waals surface area contributed by atoms with E-state index in [0.29, 0.717) is 17.3 Å². The van der Waals surface area contributed by atoms with Crippen molar-refractivity contribution in [3.05, 3.63) is 40.3 Å². The first-order valence-corrected chi connectivity index (χ1v) is 6.96. The number of aromatic nitrogens is 2. The standard InChI is InChI=1S/C15H17N3O3/c1-21-15(7-4-8-15)9-16-14(20)12-10-5-2-3-6-11(10)13(19)18-17-12/h2-3,5-6H,4,7-9H2,1H3,(H,16,20)(H,18,19). The summed E-state index contributed by atoms with van der Waals surface area (Å²) in [5.74, 6) is -0.300. The molecule has 0 radical (unpaired) electrons. The number of hydrogen-bond donors (Lipinski definition) is 2. The maximum absolute atomic E-state index is 12.3. The maximum Gasteiger partial charge on any atom is 0.272 e. The van der Waals surface area contributed by atoms with E-state index in [0.717, 1.165) is 19.3 Å². The summed E-state index contributed by atoms with van der Waals surface area (Å²) < 4.78 is 5.47. The SMILES string of the molecule is COC1(CNC(=O)c2n[nH]c(=O)c3ccccc23)CCC1. The van der Waals surface area contributed by atoms with Gasteiger partial charge in [0.1, 0.15) is 0 Å². The van der Waals surface area contributed by atoms with Crippen LogP contribution in [0.25, 0.3) is 10.8 Å². The van der Waals surface area contributed by atoms with E-state index in [-0.39, 0.29) is 22.8 Å². The quantitative estimate of drug-likeness (QED) is 0.885. The summed E-state index contributed by atoms with van der Waals surface area (Å²) in [5.41, 5.74) is -0.307. The number of methoxy groups -OCH3 is 1. The van der Waals surface area contributed by atoms with Crippen molar-refractivity contribution in [2.45, 2.75) is 24.9 Å². The third-order valence-electron chi connectivity index (χ3n) is 4.18. The second-order valence-corrected chi connectivity index (χ2v) is 5.37. The molecule has 2 aromatic rings. The Morgan fingerprint density at radius 2 is 2.10 bits per heavy atom. The number of benzene rings is 1. The molecule has 1 aliphatic carbocycles. The molecule has 6 heteroatoms. The van der Waals surface area contributed by atoms with Gasteiger partial charge in [-0.25, -0.2) is 5.10 Å². The third-order valence-corrected chi connectivity index (χ3v) is 4.18. The lowest BCUT2D eigenvalue weighted by Crippen LogP contribution is -2.49. The van der Waals surface area contributed by atoms with Crippen LogP contribution in [0.15, 0.2) is 29.1 Å². The van der Waals surface area contributed by atoms with Gasteiger partial charge in [0.15, 0.2) is 5.69 Å². The highest BCUT2D eigenvalue weighted by Gasteiger charge is 2.37. The first-order valence-electron chi connectivity index (χ1n) is 6.96. The molecule has 1 aromatic heterocycles. The molecule has 1 heterocycles. The number of nitrogens with one attached hydrogen (secondary N) is 2. The Bertz CT molecular complexity index is 729. The Morgan fingerprint density at radius 1 is 1.38 bits per heavy atom. The van der Waals surface area contributed by atoms with Gasteiger partial charge in [-0.2, -0.15) is 5.10 Å². The van der Waals surface area contributed by atoms with E-state index < -0.39 is 0 Å². The third kappa shape index (κ3) is 2.42. The number of nitrogens with zero attached hydrogens (tertiary/aromatic N) is 1. The molecule has 6 nitrogen and oxygen atoms in total. The van der Waals surface area contributed by atoms with Gasteiger partial charge in [0.25, 0.3) is 11.5 Å². The molecule has 0 spiro atoms. The van der Waals surface area contributed by atoms with Crippen molar-refractivity contribution in [2.75, 3.05) is 13.7 Å². The first-order chi connectivity index (χ1) is 10.2. The van der Waals surface area contributed by atoms with Crippen LogP contribution in [0.5, 0.6) is 0 Å². The lowest BCUT2D eigenvalue weighted by Gasteiger charge is -2.40. The van der Waals surface area contributed by atoms with Gasteiger partial charge in [-0.3, -0.25) is 9.59 Å². The molecular weight excluding hydrogens is 270 g/mol. The summed E-state index contributed by atoms with van der Waals surface area (Å²) >= 11 is 0. The molecule has 1 amide bonds. The van der Waals surface area contributed by atoms with Gasteiger partial charge in [0.2, 0.25) is 0 Å². The fraction of sp³-hybridized carbons (Fsp3) is 0.400. The fourth-order valence-corrected chi connectivity index (χ4v) is 2.64. The first kappa shape index (κ1) is 13.8. The summed E-state index contributed by atoms with van der Waals surface area (Å²) in [6, 6.07) is 6.94. The minimum absolute atomic E-state index is 0.232. The molecule has 0 aliphatic heterocycles. The molecule has 1 saturated carbocycles. The summed E-state index contributed by atoms with van der Waals surface area (Å²) in [6.07, 6.45) is 3.01. The monoisotopic (exact) mass is 287 g/mol. The van der Waals surface area contributed by atoms with Crippen molar-refractivity contribution in [1.82, 2.24) is 15.5 Å². The number of carbonyl (C=O) groups excluding carboxylic acids is 1. The summed E-state index contributed by atoms with van der Waals surface area (Å²) in [7, 11) is 1.67. The smallest absolute Gasteiger partial charge is 0.272 e. The van der Waals surface area contributed by atoms with Gasteiger partial charge in [0, 0.05) is 19.0 Å². The number of H-pyrrole nitrogens is 1. The van der Waals surface area contributed by atoms with E-state index in [1.165, 1.54) is 0 Å². The topological polar surface area (TPSA) is 84.1 Å². The maximum atomic E-state index is 12.3. The van der Waals surface area contributed by atoms with Crippen LogP contribution in [-0.4, -0.2) is 35.4 Å². The summed E-state index contributed by atoms with van der Waals surface area (Å²) in [5, 5.41) is 10.1. The fourth-order valence-electron chi connectivity index (χ4n) is 2.64. The highest BCUT2D eigenvalue weighted by molar-refractivity contribution is 6.04. The average molecular weight is 287 g/mol. The average Bonchev–Trinajstić information content (AvgIpc) is 2.47. The van der Waals surface area contributed by atoms with Crippen LogP contribution in [0, 0.1) is 0 Å². The van der Waals surface area contributed by atoms with Gasteiger partial charge in [-0.1, -0.05) is 18.2 Å². The molecule has 0 atom stereocenters. The molecule has 1 fully saturated rings. The Kier molecular flexibility index (Phi) is 3.47. The van der Waals surface area contributed by atoms with Crippen LogP contribution in [-0.2, 0) is 4.74 Å². The van der Waals surface area contributed by atoms with E-state index in [4.69, 9.17) is 4.74 Å². The predicted molar refractivity (Wildman–Crippen MR) is 78.3 cm³/mol. The van der Waals surface area contributed by atoms with Gasteiger partial charge < -0.3 is 10.1 Å². The lowest BCUT2D eigenvalue weighted by molar-refractivity contribution is -0.0679. The zero-order valence-electron chi connectivity index (χ0n) is 11.8. The Labute approximate surface area is 121 Å². The number of rotatable bonds is 4. The normalized spacial score (nSPS) is 16.4. The molecule has 1 aliphatic rings. The van der Waals surface area contributed by atoms with E-state index in [1.54, 1.807) is 31.4 Å². The van der Waals surface area contributed by atoms with Crippen molar-refractivity contribution in [2.24, 2.45) is 0 Å². The van der Waals surface area contributed by atoms with Crippen molar-refractivity contribution in [3.8, 4) is 0 Å². The van der Waals surface area contributed by atoms with Crippen molar-refractivity contribution in [1.29, 1.82) is 0 Å². The molecule has 110 valence electrons. The van der Waals surface area contributed by atoms with E-state index >= 15 is 0 Å². The largest absolute Gasteiger partial charge is 0.376 e. The highest BCUT2D eigenvalue weighted by Crippen LogP contribution is 2.34. The van der Waals surface area contributed by atoms with E-state index in [2.05, 4.69) is 15.5 Å². The number of aromatic amines is 1. The van der Waals surface area contributed by atoms with E-state index in [9.17, 15) is 9.59 Å². The zero-order valence-corrected chi connectivity index (χ0v) is 11.8. The van der Waals surface area contributed by atoms with Crippen LogP contribution in [0.1, 0.15) is 29.8 Å². The van der Waals surface area contributed by atoms with Crippen molar-refractivity contribution in [3.63, 3.8) is 0 Å². The van der Waals surface area contributed by atoms with Crippen LogP contribution >= 0.6 is 0 Å². The molecule has 3 rings (SSSR count). The Balaban J connectivity index is 1.85. The number of carbonyl (C=O) groups is 1. The second kappa shape index (κ2) is 5.29. The van der Waals surface area contributed by atoms with Crippen LogP contribution in [0.4, 0.5) is 0 Å². The zero-order chi connectivity index (χ0) is 14.9. The highest BCUT2D eigenvalue weighted by atomic mass is 16.5. The van der Waals surface area contributed by atoms with Crippen molar-refractivity contribution < 1.29 is 9.53 Å². The second-order valence-electron chi connectivity index (χ2n) is 5.37. The minimum Gasteiger partial charge on any atom is -0.376 e. The molecule has 2 N–H and O–H groups in total. The molecular formula is C15H17N3O3. The van der Waals surface area contributed by atoms with Crippen molar-refractivity contribution >= 4 is 16.7 Å². The number of ether oxygens (including phenoxy) is 1. The van der Waals surface area contributed by atoms with Crippen LogP contribution < -0.4 is 10.9 Å². The van der Waals surface area contributed by atoms with Gasteiger partial charge >= 0.3 is 0 Å². The molecule has 0 saturated heterocycles. The van der Waals surface area contributed by atoms with Gasteiger partial charge in [-0.05, 0) is 25.3 Å². The Morgan fingerprint density at radius 3 is 2.71 bits per heavy atom. The van der Waals surface area contributed by atoms with E-state index in [1.807, 2.05) is 0 Å². The number of fused-ring (bicyclic) bond motifs is 1. The molecule has 1 aromatic carbocycles. The summed E-state index contributed by atoms with van der Waals surface area (Å²) in [6.45, 7) is 0.456. The molecule has 0 unspecified atom stereocenters. The number of hydrogen-bond acceptors (Lipinski definition) is 4. The Hall–Kier alpha value is -2.21. The minimum atomic E-state index is -0.300. The van der Waals surface area contributed by atoms with Gasteiger partial charge in [-0.15, -0.1) is 0 Å². The van der Waals surface area contributed by atoms with Crippen LogP contribution in [0.2, 0.25) is 0 Å². The summed E-state index contributed by atoms with van der Waals surface area (Å²) in [4.78, 5) is 24.0. The van der Waals surface area contributed by atoms with Gasteiger partial charge in [0.05, 0.1) is 11.0 Å². The molecule has 21 heavy (non-hydrogen) atoms. The number of amides is 1.